The quantitative estimate of drug-likeness (QED) is 0.919. The van der Waals surface area contributed by atoms with Gasteiger partial charge in [0.1, 0.15) is 6.61 Å². The summed E-state index contributed by atoms with van der Waals surface area (Å²) in [6.07, 6.45) is -4.64. The van der Waals surface area contributed by atoms with E-state index in [9.17, 15) is 18.0 Å². The first-order valence-electron chi connectivity index (χ1n) is 5.48. The predicted molar refractivity (Wildman–Crippen MR) is 66.2 cm³/mol. The van der Waals surface area contributed by atoms with Gasteiger partial charge in [0, 0.05) is 0 Å². The van der Waals surface area contributed by atoms with E-state index in [1.807, 2.05) is 0 Å². The lowest BCUT2D eigenvalue weighted by Gasteiger charge is -2.12. The Morgan fingerprint density at radius 3 is 2.58 bits per heavy atom. The Bertz CT molecular complexity index is 461. The molecule has 0 unspecified atom stereocenters. The fraction of sp³-hybridized carbons (Fsp3) is 0.417. The molecule has 0 aliphatic rings. The third-order valence-electron chi connectivity index (χ3n) is 2.12. The van der Waals surface area contributed by atoms with Gasteiger partial charge >= 0.3 is 6.18 Å². The van der Waals surface area contributed by atoms with Crippen LogP contribution in [-0.2, 0) is 15.7 Å². The number of halogens is 4. The van der Waals surface area contributed by atoms with Crippen LogP contribution in [0.2, 0.25) is 5.02 Å². The third-order valence-corrected chi connectivity index (χ3v) is 2.45. The van der Waals surface area contributed by atoms with Crippen LogP contribution >= 0.6 is 11.6 Å². The van der Waals surface area contributed by atoms with E-state index in [-0.39, 0.29) is 23.4 Å². The highest BCUT2D eigenvalue weighted by Gasteiger charge is 2.31. The molecule has 0 heterocycles. The van der Waals surface area contributed by atoms with Gasteiger partial charge < -0.3 is 10.1 Å². The molecule has 0 atom stereocenters. The van der Waals surface area contributed by atoms with Gasteiger partial charge in [-0.25, -0.2) is 0 Å². The number of carbonyl (C=O) groups excluding carboxylic acids is 1. The summed E-state index contributed by atoms with van der Waals surface area (Å²) in [5, 5.41) is 2.32. The molecule has 7 heteroatoms. The Hall–Kier alpha value is -1.27. The maximum atomic E-state index is 12.5. The van der Waals surface area contributed by atoms with Crippen molar-refractivity contribution in [3.05, 3.63) is 28.8 Å². The molecule has 1 aromatic rings. The molecule has 1 aromatic carbocycles. The molecule has 0 aliphatic heterocycles. The molecule has 106 valence electrons. The van der Waals surface area contributed by atoms with Crippen molar-refractivity contribution in [2.24, 2.45) is 0 Å². The highest BCUT2D eigenvalue weighted by molar-refractivity contribution is 6.33. The van der Waals surface area contributed by atoms with Crippen LogP contribution in [0.4, 0.5) is 18.9 Å². The lowest BCUT2D eigenvalue weighted by molar-refractivity contribution is -0.137. The molecule has 0 aliphatic carbocycles. The highest BCUT2D eigenvalue weighted by Crippen LogP contribution is 2.33. The van der Waals surface area contributed by atoms with Crippen molar-refractivity contribution >= 4 is 23.2 Å². The zero-order valence-electron chi connectivity index (χ0n) is 10.3. The van der Waals surface area contributed by atoms with Gasteiger partial charge in [0.25, 0.3) is 0 Å². The maximum absolute atomic E-state index is 12.5. The summed E-state index contributed by atoms with van der Waals surface area (Å²) in [5.41, 5.74) is -0.967. The van der Waals surface area contributed by atoms with E-state index < -0.39 is 17.6 Å². The molecule has 0 spiro atoms. The summed E-state index contributed by atoms with van der Waals surface area (Å²) >= 11 is 5.73. The van der Waals surface area contributed by atoms with Crippen LogP contribution in [0.1, 0.15) is 19.4 Å². The van der Waals surface area contributed by atoms with Gasteiger partial charge in [0.2, 0.25) is 5.91 Å². The fourth-order valence-corrected chi connectivity index (χ4v) is 1.39. The number of hydrogen-bond donors (Lipinski definition) is 1. The van der Waals surface area contributed by atoms with Gasteiger partial charge in [0.15, 0.2) is 0 Å². The monoisotopic (exact) mass is 295 g/mol. The third kappa shape index (κ3) is 5.08. The molecule has 1 amide bonds. The largest absolute Gasteiger partial charge is 0.416 e. The molecule has 0 saturated heterocycles. The van der Waals surface area contributed by atoms with Crippen LogP contribution < -0.4 is 5.32 Å². The van der Waals surface area contributed by atoms with Crippen LogP contribution in [0.15, 0.2) is 18.2 Å². The van der Waals surface area contributed by atoms with Gasteiger partial charge in [-0.15, -0.1) is 0 Å². The lowest BCUT2D eigenvalue weighted by atomic mass is 10.2. The minimum absolute atomic E-state index is 0.0332. The zero-order chi connectivity index (χ0) is 14.6. The number of rotatable bonds is 4. The number of carbonyl (C=O) groups is 1. The first kappa shape index (κ1) is 15.8. The number of nitrogens with one attached hydrogen (secondary N) is 1. The van der Waals surface area contributed by atoms with Crippen molar-refractivity contribution in [2.45, 2.75) is 26.1 Å². The van der Waals surface area contributed by atoms with E-state index >= 15 is 0 Å². The van der Waals surface area contributed by atoms with Gasteiger partial charge in [-0.1, -0.05) is 11.6 Å². The van der Waals surface area contributed by atoms with Gasteiger partial charge in [-0.3, -0.25) is 4.79 Å². The fourth-order valence-electron chi connectivity index (χ4n) is 1.23. The summed E-state index contributed by atoms with van der Waals surface area (Å²) in [7, 11) is 0. The highest BCUT2D eigenvalue weighted by atomic mass is 35.5. The van der Waals surface area contributed by atoms with Gasteiger partial charge in [-0.05, 0) is 32.0 Å². The number of ether oxygens (including phenoxy) is 1. The van der Waals surface area contributed by atoms with Crippen LogP contribution in [0, 0.1) is 0 Å². The van der Waals surface area contributed by atoms with E-state index in [0.717, 1.165) is 18.2 Å². The SMILES string of the molecule is CC(C)OCC(=O)Nc1cc(C(F)(F)F)ccc1Cl. The first-order valence-corrected chi connectivity index (χ1v) is 5.86. The molecule has 3 nitrogen and oxygen atoms in total. The number of alkyl halides is 3. The number of hydrogen-bond acceptors (Lipinski definition) is 2. The molecule has 0 radical (unpaired) electrons. The number of anilines is 1. The van der Waals surface area contributed by atoms with Crippen molar-refractivity contribution < 1.29 is 22.7 Å². The van der Waals surface area contributed by atoms with Crippen LogP contribution in [-0.4, -0.2) is 18.6 Å². The van der Waals surface area contributed by atoms with Crippen molar-refractivity contribution in [2.75, 3.05) is 11.9 Å². The second-order valence-corrected chi connectivity index (χ2v) is 4.51. The van der Waals surface area contributed by atoms with E-state index in [2.05, 4.69) is 5.32 Å². The van der Waals surface area contributed by atoms with Crippen molar-refractivity contribution in [1.29, 1.82) is 0 Å². The van der Waals surface area contributed by atoms with E-state index in [1.54, 1.807) is 13.8 Å². The molecule has 19 heavy (non-hydrogen) atoms. The van der Waals surface area contributed by atoms with Crippen LogP contribution in [0.3, 0.4) is 0 Å². The second kappa shape index (κ2) is 6.25. The Kier molecular flexibility index (Phi) is 5.20. The minimum Gasteiger partial charge on any atom is -0.369 e. The molecule has 0 saturated carbocycles. The zero-order valence-corrected chi connectivity index (χ0v) is 11.1. The summed E-state index contributed by atoms with van der Waals surface area (Å²) in [4.78, 5) is 11.5. The first-order chi connectivity index (χ1) is 8.70. The van der Waals surface area contributed by atoms with Crippen molar-refractivity contribution in [3.8, 4) is 0 Å². The molecular weight excluding hydrogens is 283 g/mol. The Labute approximate surface area is 113 Å². The maximum Gasteiger partial charge on any atom is 0.416 e. The average Bonchev–Trinajstić information content (AvgIpc) is 2.28. The van der Waals surface area contributed by atoms with Crippen molar-refractivity contribution in [1.82, 2.24) is 0 Å². The van der Waals surface area contributed by atoms with E-state index in [4.69, 9.17) is 16.3 Å². The normalized spacial score (nSPS) is 11.7. The number of amides is 1. The molecule has 0 aromatic heterocycles. The summed E-state index contributed by atoms with van der Waals surface area (Å²) in [6.45, 7) is 3.24. The smallest absolute Gasteiger partial charge is 0.369 e. The van der Waals surface area contributed by atoms with Gasteiger partial charge in [-0.2, -0.15) is 13.2 Å². The van der Waals surface area contributed by atoms with E-state index in [0.29, 0.717) is 0 Å². The summed E-state index contributed by atoms with van der Waals surface area (Å²) in [6, 6.07) is 2.72. The van der Waals surface area contributed by atoms with Crippen LogP contribution in [0.5, 0.6) is 0 Å². The van der Waals surface area contributed by atoms with Crippen LogP contribution in [0.25, 0.3) is 0 Å². The Morgan fingerprint density at radius 1 is 1.42 bits per heavy atom. The summed E-state index contributed by atoms with van der Waals surface area (Å²) in [5.74, 6) is -0.560. The van der Waals surface area contributed by atoms with E-state index in [1.165, 1.54) is 0 Å². The molecule has 1 N–H and O–H groups in total. The second-order valence-electron chi connectivity index (χ2n) is 4.10. The van der Waals surface area contributed by atoms with Crippen molar-refractivity contribution in [3.63, 3.8) is 0 Å². The summed E-state index contributed by atoms with van der Waals surface area (Å²) < 4.78 is 42.6. The number of benzene rings is 1. The molecule has 1 rings (SSSR count). The predicted octanol–water partition coefficient (Wildman–Crippen LogP) is 3.72. The Balaban J connectivity index is 2.80. The topological polar surface area (TPSA) is 38.3 Å². The average molecular weight is 296 g/mol. The molecule has 0 bridgehead atoms. The minimum atomic E-state index is -4.49. The standard InChI is InChI=1S/C12H13ClF3NO2/c1-7(2)19-6-11(18)17-10-5-8(12(14,15)16)3-4-9(10)13/h3-5,7H,6H2,1-2H3,(H,17,18). The molecule has 0 fully saturated rings. The lowest BCUT2D eigenvalue weighted by Crippen LogP contribution is -2.21. The van der Waals surface area contributed by atoms with Gasteiger partial charge in [0.05, 0.1) is 22.4 Å². The Morgan fingerprint density at radius 2 is 2.05 bits per heavy atom. The molecular formula is C12H13ClF3NO2.